The lowest BCUT2D eigenvalue weighted by Crippen LogP contribution is -2.47. The maximum Gasteiger partial charge on any atom is 0.410 e. The van der Waals surface area contributed by atoms with E-state index in [1.54, 1.807) is 17.3 Å². The van der Waals surface area contributed by atoms with E-state index >= 15 is 0 Å². The molecule has 2 amide bonds. The monoisotopic (exact) mass is 636 g/mol. The molecule has 2 unspecified atom stereocenters. The number of amides is 2. The van der Waals surface area contributed by atoms with E-state index in [4.69, 9.17) is 14.5 Å². The molecule has 3 atom stereocenters. The minimum Gasteiger partial charge on any atom is -0.444 e. The highest BCUT2D eigenvalue weighted by Gasteiger charge is 2.29. The molecule has 0 bridgehead atoms. The molecule has 2 fully saturated rings. The van der Waals surface area contributed by atoms with Crippen molar-refractivity contribution in [3.8, 4) is 22.9 Å². The Hall–Kier alpha value is -4.73. The summed E-state index contributed by atoms with van der Waals surface area (Å²) >= 11 is 0. The van der Waals surface area contributed by atoms with E-state index in [2.05, 4.69) is 27.5 Å². The zero-order valence-corrected chi connectivity index (χ0v) is 27.9. The summed E-state index contributed by atoms with van der Waals surface area (Å²) in [4.78, 5) is 41.4. The van der Waals surface area contributed by atoms with Gasteiger partial charge in [-0.2, -0.15) is 0 Å². The van der Waals surface area contributed by atoms with Gasteiger partial charge in [-0.25, -0.2) is 19.7 Å². The lowest BCUT2D eigenvalue weighted by molar-refractivity contribution is -0.119. The number of anilines is 2. The van der Waals surface area contributed by atoms with Crippen molar-refractivity contribution in [3.05, 3.63) is 66.5 Å². The van der Waals surface area contributed by atoms with Gasteiger partial charge in [-0.15, -0.1) is 0 Å². The van der Waals surface area contributed by atoms with Crippen molar-refractivity contribution in [3.63, 3.8) is 0 Å². The number of carbonyl (C=O) groups is 2. The predicted octanol–water partition coefficient (Wildman–Crippen LogP) is 7.98. The van der Waals surface area contributed by atoms with Crippen LogP contribution in [0.3, 0.4) is 0 Å². The molecular weight excluding hydrogens is 592 g/mol. The van der Waals surface area contributed by atoms with E-state index in [9.17, 15) is 9.59 Å². The Morgan fingerprint density at radius 1 is 0.957 bits per heavy atom. The van der Waals surface area contributed by atoms with Crippen LogP contribution in [0.5, 0.6) is 11.6 Å². The first-order valence-electron chi connectivity index (χ1n) is 16.6. The molecule has 3 heterocycles. The standard InChI is InChI=1S/C37H44N6O4/c1-23-13-15-25(21-23)33(44)41-30-12-6-10-28-27(30)16-14-24(2)32(28)46-34-29(11-7-18-38-34)31-17-19-39-35(42-31)40-26-9-8-20-43(22-26)36(45)47-37(3,4)5/h6-7,10-12,14,16-19,23,25-26H,8-9,13,15,20-22H2,1-5H3,(H,41,44)(H,39,40,42)/t23?,25?,26-/m0/s1. The number of aryl methyl sites for hydroxylation is 1. The predicted molar refractivity (Wildman–Crippen MR) is 184 cm³/mol. The third kappa shape index (κ3) is 7.64. The number of aromatic nitrogens is 3. The number of likely N-dealkylation sites (tertiary alicyclic amines) is 1. The lowest BCUT2D eigenvalue weighted by Gasteiger charge is -2.34. The van der Waals surface area contributed by atoms with E-state index in [1.165, 1.54) is 0 Å². The van der Waals surface area contributed by atoms with Gasteiger partial charge < -0.3 is 25.0 Å². The molecule has 0 radical (unpaired) electrons. The van der Waals surface area contributed by atoms with Crippen molar-refractivity contribution in [1.82, 2.24) is 19.9 Å². The van der Waals surface area contributed by atoms with Crippen LogP contribution in [0.25, 0.3) is 22.0 Å². The number of carbonyl (C=O) groups excluding carboxylic acids is 2. The Labute approximate surface area is 276 Å². The number of piperidine rings is 1. The fourth-order valence-electron chi connectivity index (χ4n) is 6.48. The number of pyridine rings is 1. The topological polar surface area (TPSA) is 119 Å². The summed E-state index contributed by atoms with van der Waals surface area (Å²) in [5.74, 6) is 2.26. The molecule has 0 spiro atoms. The normalized spacial score (nSPS) is 19.8. The maximum absolute atomic E-state index is 13.1. The van der Waals surface area contributed by atoms with Gasteiger partial charge in [0.05, 0.1) is 11.3 Å². The maximum atomic E-state index is 13.1. The van der Waals surface area contributed by atoms with Crippen molar-refractivity contribution in [2.45, 2.75) is 78.4 Å². The molecule has 2 aromatic carbocycles. The summed E-state index contributed by atoms with van der Waals surface area (Å²) in [6.07, 6.45) is 7.78. The smallest absolute Gasteiger partial charge is 0.410 e. The van der Waals surface area contributed by atoms with Crippen molar-refractivity contribution in [2.24, 2.45) is 11.8 Å². The van der Waals surface area contributed by atoms with Crippen LogP contribution < -0.4 is 15.4 Å². The zero-order valence-electron chi connectivity index (χ0n) is 27.9. The molecule has 10 nitrogen and oxygen atoms in total. The minimum absolute atomic E-state index is 0.0128. The van der Waals surface area contributed by atoms with E-state index < -0.39 is 5.60 Å². The number of nitrogens with one attached hydrogen (secondary N) is 2. The van der Waals surface area contributed by atoms with Gasteiger partial charge in [0.25, 0.3) is 0 Å². The average molecular weight is 637 g/mol. The summed E-state index contributed by atoms with van der Waals surface area (Å²) in [6.45, 7) is 11.0. The van der Waals surface area contributed by atoms with Crippen LogP contribution in [0.1, 0.15) is 65.4 Å². The van der Waals surface area contributed by atoms with E-state index in [0.29, 0.717) is 47.8 Å². The van der Waals surface area contributed by atoms with Gasteiger partial charge in [-0.3, -0.25) is 4.79 Å². The number of hydrogen-bond acceptors (Lipinski definition) is 8. The Bertz CT molecular complexity index is 1770. The quantitative estimate of drug-likeness (QED) is 0.210. The summed E-state index contributed by atoms with van der Waals surface area (Å²) in [6, 6.07) is 15.5. The Kier molecular flexibility index (Phi) is 9.29. The first-order chi connectivity index (χ1) is 22.5. The number of nitrogens with zero attached hydrogens (tertiary/aromatic N) is 4. The van der Waals surface area contributed by atoms with Crippen LogP contribution in [-0.4, -0.2) is 56.6 Å². The largest absolute Gasteiger partial charge is 0.444 e. The highest BCUT2D eigenvalue weighted by molar-refractivity contribution is 6.05. The van der Waals surface area contributed by atoms with Crippen LogP contribution in [0, 0.1) is 18.8 Å². The van der Waals surface area contributed by atoms with Gasteiger partial charge in [-0.05, 0) is 95.5 Å². The first-order valence-corrected chi connectivity index (χ1v) is 16.6. The number of fused-ring (bicyclic) bond motifs is 1. The van der Waals surface area contributed by atoms with Crippen LogP contribution in [-0.2, 0) is 9.53 Å². The second-order valence-corrected chi connectivity index (χ2v) is 13.9. The zero-order chi connectivity index (χ0) is 33.1. The molecule has 47 heavy (non-hydrogen) atoms. The summed E-state index contributed by atoms with van der Waals surface area (Å²) in [7, 11) is 0. The van der Waals surface area contributed by atoms with Crippen molar-refractivity contribution in [1.29, 1.82) is 0 Å². The summed E-state index contributed by atoms with van der Waals surface area (Å²) in [5, 5.41) is 8.40. The van der Waals surface area contributed by atoms with E-state index in [-0.39, 0.29) is 24.0 Å². The van der Waals surface area contributed by atoms with Gasteiger partial charge in [0.2, 0.25) is 17.7 Å². The molecule has 2 aromatic heterocycles. The Morgan fingerprint density at radius 3 is 2.60 bits per heavy atom. The van der Waals surface area contributed by atoms with Crippen molar-refractivity contribution >= 4 is 34.4 Å². The van der Waals surface area contributed by atoms with Gasteiger partial charge in [-0.1, -0.05) is 31.2 Å². The molecule has 246 valence electrons. The molecule has 1 saturated heterocycles. The van der Waals surface area contributed by atoms with Crippen LogP contribution in [0.15, 0.2) is 60.9 Å². The molecule has 4 aromatic rings. The molecule has 1 aliphatic carbocycles. The molecule has 1 saturated carbocycles. The number of ether oxygens (including phenoxy) is 2. The van der Waals surface area contributed by atoms with Crippen LogP contribution >= 0.6 is 0 Å². The third-order valence-electron chi connectivity index (χ3n) is 8.84. The fourth-order valence-corrected chi connectivity index (χ4v) is 6.48. The van der Waals surface area contributed by atoms with Crippen LogP contribution in [0.4, 0.5) is 16.4 Å². The summed E-state index contributed by atoms with van der Waals surface area (Å²) < 4.78 is 12.2. The van der Waals surface area contributed by atoms with E-state index in [1.807, 2.05) is 76.2 Å². The minimum atomic E-state index is -0.547. The van der Waals surface area contributed by atoms with Gasteiger partial charge >= 0.3 is 6.09 Å². The molecule has 1 aliphatic heterocycles. The number of rotatable bonds is 7. The molecule has 6 rings (SSSR count). The molecular formula is C37H44N6O4. The molecule has 2 N–H and O–H groups in total. The summed E-state index contributed by atoms with van der Waals surface area (Å²) in [5.41, 5.74) is 2.54. The fraction of sp³-hybridized carbons (Fsp3) is 0.432. The Balaban J connectivity index is 1.22. The van der Waals surface area contributed by atoms with Crippen molar-refractivity contribution in [2.75, 3.05) is 23.7 Å². The second kappa shape index (κ2) is 13.6. The number of benzene rings is 2. The van der Waals surface area contributed by atoms with Crippen molar-refractivity contribution < 1.29 is 19.1 Å². The third-order valence-corrected chi connectivity index (χ3v) is 8.84. The highest BCUT2D eigenvalue weighted by Crippen LogP contribution is 2.39. The molecule has 10 heteroatoms. The van der Waals surface area contributed by atoms with E-state index in [0.717, 1.165) is 54.1 Å². The highest BCUT2D eigenvalue weighted by atomic mass is 16.6. The molecule has 2 aliphatic rings. The lowest BCUT2D eigenvalue weighted by atomic mass is 10.0. The number of hydrogen-bond donors (Lipinski definition) is 2. The van der Waals surface area contributed by atoms with Gasteiger partial charge in [0.1, 0.15) is 11.4 Å². The Morgan fingerprint density at radius 2 is 1.81 bits per heavy atom. The average Bonchev–Trinajstić information content (AvgIpc) is 3.48. The van der Waals surface area contributed by atoms with Gasteiger partial charge in [0, 0.05) is 53.9 Å². The second-order valence-electron chi connectivity index (χ2n) is 13.9. The van der Waals surface area contributed by atoms with Crippen LogP contribution in [0.2, 0.25) is 0 Å². The SMILES string of the molecule is Cc1ccc2c(NC(=O)C3CCC(C)C3)cccc2c1Oc1ncccc1-c1ccnc(N[C@H]2CCCN(C(=O)OC(C)(C)C)C2)n1. The first kappa shape index (κ1) is 32.2. The van der Waals surface area contributed by atoms with Gasteiger partial charge in [0.15, 0.2) is 0 Å².